The maximum absolute atomic E-state index is 13.5. The molecule has 0 spiro atoms. The molecule has 3 aromatic carbocycles. The lowest BCUT2D eigenvalue weighted by atomic mass is 9.98. The molecule has 1 aromatic heterocycles. The van der Waals surface area contributed by atoms with Crippen molar-refractivity contribution in [2.45, 2.75) is 25.2 Å². The smallest absolute Gasteiger partial charge is 0.238 e. The minimum Gasteiger partial charge on any atom is -0.339 e. The van der Waals surface area contributed by atoms with Crippen LogP contribution in [0.4, 0.5) is 10.1 Å². The molecule has 2 heterocycles. The molecule has 1 N–H and O–H groups in total. The van der Waals surface area contributed by atoms with Crippen molar-refractivity contribution in [1.82, 2.24) is 15.0 Å². The summed E-state index contributed by atoms with van der Waals surface area (Å²) in [5, 5.41) is 7.13. The van der Waals surface area contributed by atoms with Crippen LogP contribution >= 0.6 is 0 Å². The minimum absolute atomic E-state index is 0.0386. The van der Waals surface area contributed by atoms with Crippen LogP contribution in [-0.4, -0.2) is 40.6 Å². The van der Waals surface area contributed by atoms with Crippen molar-refractivity contribution in [3.8, 4) is 11.4 Å². The monoisotopic (exact) mass is 470 g/mol. The Bertz CT molecular complexity index is 1290. The molecule has 1 fully saturated rings. The van der Waals surface area contributed by atoms with Crippen LogP contribution < -0.4 is 5.32 Å². The van der Waals surface area contributed by atoms with Gasteiger partial charge in [0.1, 0.15) is 5.82 Å². The Balaban J connectivity index is 1.21. The van der Waals surface area contributed by atoms with Gasteiger partial charge in [-0.15, -0.1) is 0 Å². The summed E-state index contributed by atoms with van der Waals surface area (Å²) < 4.78 is 19.1. The number of likely N-dealkylation sites (tertiary alicyclic amines) is 1. The maximum Gasteiger partial charge on any atom is 0.238 e. The number of benzene rings is 3. The highest BCUT2D eigenvalue weighted by Crippen LogP contribution is 2.28. The number of anilines is 1. The molecule has 1 aliphatic rings. The molecule has 5 rings (SSSR count). The molecule has 0 bridgehead atoms. The number of hydrogen-bond acceptors (Lipinski definition) is 5. The number of rotatable bonds is 7. The first kappa shape index (κ1) is 22.9. The van der Waals surface area contributed by atoms with Gasteiger partial charge in [0.25, 0.3) is 0 Å². The summed E-state index contributed by atoms with van der Waals surface area (Å²) in [6, 6.07) is 24.3. The number of piperidine rings is 1. The second kappa shape index (κ2) is 10.6. The fourth-order valence-corrected chi connectivity index (χ4v) is 4.55. The van der Waals surface area contributed by atoms with Crippen molar-refractivity contribution in [2.75, 3.05) is 25.0 Å². The second-order valence-corrected chi connectivity index (χ2v) is 8.91. The predicted octanol–water partition coefficient (Wildman–Crippen LogP) is 5.28. The highest BCUT2D eigenvalue weighted by molar-refractivity contribution is 5.93. The van der Waals surface area contributed by atoms with Gasteiger partial charge in [0.05, 0.1) is 12.5 Å². The van der Waals surface area contributed by atoms with Gasteiger partial charge in [0, 0.05) is 17.8 Å². The van der Waals surface area contributed by atoms with Gasteiger partial charge in [-0.25, -0.2) is 4.39 Å². The van der Waals surface area contributed by atoms with Crippen LogP contribution in [0.15, 0.2) is 83.4 Å². The fourth-order valence-electron chi connectivity index (χ4n) is 4.55. The van der Waals surface area contributed by atoms with E-state index in [-0.39, 0.29) is 17.6 Å². The van der Waals surface area contributed by atoms with Crippen LogP contribution in [0, 0.1) is 5.82 Å². The molecule has 1 amide bonds. The van der Waals surface area contributed by atoms with Crippen molar-refractivity contribution in [3.63, 3.8) is 0 Å². The van der Waals surface area contributed by atoms with Crippen molar-refractivity contribution in [1.29, 1.82) is 0 Å². The zero-order valence-corrected chi connectivity index (χ0v) is 19.4. The third-order valence-electron chi connectivity index (χ3n) is 6.28. The van der Waals surface area contributed by atoms with E-state index in [9.17, 15) is 9.18 Å². The first-order valence-corrected chi connectivity index (χ1v) is 11.9. The normalized spacial score (nSPS) is 16.2. The van der Waals surface area contributed by atoms with Crippen LogP contribution in [0.25, 0.3) is 11.4 Å². The van der Waals surface area contributed by atoms with Gasteiger partial charge in [-0.1, -0.05) is 65.8 Å². The molecule has 0 aliphatic carbocycles. The zero-order chi connectivity index (χ0) is 24.0. The Morgan fingerprint density at radius 2 is 1.89 bits per heavy atom. The zero-order valence-electron chi connectivity index (χ0n) is 19.4. The van der Waals surface area contributed by atoms with Crippen molar-refractivity contribution in [3.05, 3.63) is 102 Å². The number of amides is 1. The van der Waals surface area contributed by atoms with Gasteiger partial charge in [0.2, 0.25) is 17.6 Å². The van der Waals surface area contributed by atoms with E-state index in [4.69, 9.17) is 4.52 Å². The summed E-state index contributed by atoms with van der Waals surface area (Å²) in [6.45, 7) is 1.78. The molecular formula is C28H27FN4O2. The van der Waals surface area contributed by atoms with Gasteiger partial charge in [-0.2, -0.15) is 4.98 Å². The van der Waals surface area contributed by atoms with E-state index < -0.39 is 0 Å². The Kier molecular flexibility index (Phi) is 6.95. The van der Waals surface area contributed by atoms with Gasteiger partial charge >= 0.3 is 0 Å². The van der Waals surface area contributed by atoms with Crippen LogP contribution in [0.3, 0.4) is 0 Å². The molecule has 6 nitrogen and oxygen atoms in total. The average Bonchev–Trinajstić information content (AvgIpc) is 3.37. The number of aromatic nitrogens is 2. The summed E-state index contributed by atoms with van der Waals surface area (Å²) >= 11 is 0. The highest BCUT2D eigenvalue weighted by atomic mass is 19.1. The molecule has 0 saturated carbocycles. The SMILES string of the molecule is O=C(CN1CCCC(c2nc(-c3cccc(F)c3)no2)C1)Nc1ccccc1Cc1ccccc1. The van der Waals surface area contributed by atoms with E-state index in [1.165, 1.54) is 17.7 Å². The molecule has 1 atom stereocenters. The summed E-state index contributed by atoms with van der Waals surface area (Å²) in [5.74, 6) is 0.565. The number of carbonyl (C=O) groups excluding carboxylic acids is 1. The molecule has 1 aliphatic heterocycles. The Hall–Kier alpha value is -3.84. The lowest BCUT2D eigenvalue weighted by Gasteiger charge is -2.30. The third-order valence-corrected chi connectivity index (χ3v) is 6.28. The summed E-state index contributed by atoms with van der Waals surface area (Å²) in [4.78, 5) is 19.5. The van der Waals surface area contributed by atoms with Crippen molar-refractivity contribution >= 4 is 11.6 Å². The Labute approximate surface area is 203 Å². The van der Waals surface area contributed by atoms with Gasteiger partial charge in [-0.3, -0.25) is 9.69 Å². The average molecular weight is 471 g/mol. The number of nitrogens with zero attached hydrogens (tertiary/aromatic N) is 3. The quantitative estimate of drug-likeness (QED) is 0.398. The fraction of sp³-hybridized carbons (Fsp3) is 0.250. The molecule has 178 valence electrons. The Morgan fingerprint density at radius 3 is 2.74 bits per heavy atom. The van der Waals surface area contributed by atoms with Gasteiger partial charge in [0.15, 0.2) is 0 Å². The van der Waals surface area contributed by atoms with Gasteiger partial charge in [-0.05, 0) is 55.1 Å². The van der Waals surface area contributed by atoms with Crippen molar-refractivity contribution < 1.29 is 13.7 Å². The molecule has 1 unspecified atom stereocenters. The number of nitrogens with one attached hydrogen (secondary N) is 1. The van der Waals surface area contributed by atoms with E-state index in [1.807, 2.05) is 42.5 Å². The van der Waals surface area contributed by atoms with E-state index >= 15 is 0 Å². The number of carbonyl (C=O) groups is 1. The summed E-state index contributed by atoms with van der Waals surface area (Å²) in [6.07, 6.45) is 2.59. The largest absolute Gasteiger partial charge is 0.339 e. The number of para-hydroxylation sites is 1. The van der Waals surface area contributed by atoms with Crippen LogP contribution in [0.2, 0.25) is 0 Å². The Morgan fingerprint density at radius 1 is 1.06 bits per heavy atom. The minimum atomic E-state index is -0.339. The third kappa shape index (κ3) is 5.81. The van der Waals surface area contributed by atoms with E-state index in [0.29, 0.717) is 30.4 Å². The lowest BCUT2D eigenvalue weighted by Crippen LogP contribution is -2.40. The molecule has 35 heavy (non-hydrogen) atoms. The topological polar surface area (TPSA) is 71.3 Å². The predicted molar refractivity (Wildman–Crippen MR) is 132 cm³/mol. The van der Waals surface area contributed by atoms with Crippen LogP contribution in [0.1, 0.15) is 35.8 Å². The first-order chi connectivity index (χ1) is 17.1. The standard InChI is InChI=1S/C28H27FN4O2/c29-24-13-6-11-22(17-24)27-31-28(35-32-27)23-12-7-15-33(18-23)19-26(34)30-25-14-5-4-10-21(25)16-20-8-2-1-3-9-20/h1-6,8-11,13-14,17,23H,7,12,15-16,18-19H2,(H,30,34). The number of halogens is 1. The second-order valence-electron chi connectivity index (χ2n) is 8.91. The first-order valence-electron chi connectivity index (χ1n) is 11.9. The molecular weight excluding hydrogens is 443 g/mol. The van der Waals surface area contributed by atoms with E-state index in [0.717, 1.165) is 37.1 Å². The van der Waals surface area contributed by atoms with Crippen molar-refractivity contribution in [2.24, 2.45) is 0 Å². The maximum atomic E-state index is 13.5. The summed E-state index contributed by atoms with van der Waals surface area (Å²) in [5.41, 5.74) is 3.71. The molecule has 4 aromatic rings. The summed E-state index contributed by atoms with van der Waals surface area (Å²) in [7, 11) is 0. The highest BCUT2D eigenvalue weighted by Gasteiger charge is 2.27. The van der Waals surface area contributed by atoms with Gasteiger partial charge < -0.3 is 9.84 Å². The van der Waals surface area contributed by atoms with E-state index in [2.05, 4.69) is 32.5 Å². The molecule has 7 heteroatoms. The molecule has 0 radical (unpaired) electrons. The molecule has 1 saturated heterocycles. The van der Waals surface area contributed by atoms with E-state index in [1.54, 1.807) is 12.1 Å². The lowest BCUT2D eigenvalue weighted by molar-refractivity contribution is -0.117. The number of hydrogen-bond donors (Lipinski definition) is 1. The van der Waals surface area contributed by atoms with Crippen LogP contribution in [0.5, 0.6) is 0 Å². The van der Waals surface area contributed by atoms with Crippen LogP contribution in [-0.2, 0) is 11.2 Å².